The van der Waals surface area contributed by atoms with Crippen LogP contribution in [0.3, 0.4) is 0 Å². The predicted molar refractivity (Wildman–Crippen MR) is 92.5 cm³/mol. The predicted octanol–water partition coefficient (Wildman–Crippen LogP) is 2.19. The molecule has 1 aliphatic heterocycles. The molecule has 4 heterocycles. The third-order valence-electron chi connectivity index (χ3n) is 4.45. The van der Waals surface area contributed by atoms with Crippen molar-refractivity contribution in [2.75, 3.05) is 19.0 Å². The van der Waals surface area contributed by atoms with Gasteiger partial charge in [0.05, 0.1) is 19.5 Å². The largest absolute Gasteiger partial charge is 0.481 e. The van der Waals surface area contributed by atoms with Crippen molar-refractivity contribution in [2.24, 2.45) is 0 Å². The number of fused-ring (bicyclic) bond motifs is 1. The van der Waals surface area contributed by atoms with Crippen LogP contribution in [-0.4, -0.2) is 44.3 Å². The van der Waals surface area contributed by atoms with Crippen LogP contribution in [0.25, 0.3) is 11.2 Å². The number of hydrogen-bond donors (Lipinski definition) is 1. The van der Waals surface area contributed by atoms with Gasteiger partial charge in [-0.1, -0.05) is 0 Å². The summed E-state index contributed by atoms with van der Waals surface area (Å²) in [5.41, 5.74) is 2.63. The minimum absolute atomic E-state index is 0.0864. The second-order valence-electron chi connectivity index (χ2n) is 5.89. The van der Waals surface area contributed by atoms with E-state index < -0.39 is 0 Å². The number of nitrogens with one attached hydrogen (secondary N) is 1. The van der Waals surface area contributed by atoms with Crippen LogP contribution >= 0.6 is 0 Å². The molecule has 1 N–H and O–H groups in total. The Morgan fingerprint density at radius 3 is 2.96 bits per heavy atom. The van der Waals surface area contributed by atoms with E-state index in [4.69, 9.17) is 9.47 Å². The molecular weight excluding hydrogens is 320 g/mol. The summed E-state index contributed by atoms with van der Waals surface area (Å²) >= 11 is 0. The average molecular weight is 340 g/mol. The van der Waals surface area contributed by atoms with Crippen LogP contribution in [0.15, 0.2) is 31.0 Å². The highest BCUT2D eigenvalue weighted by molar-refractivity contribution is 5.82. The van der Waals surface area contributed by atoms with Crippen LogP contribution in [0.5, 0.6) is 5.88 Å². The number of ether oxygens (including phenoxy) is 2. The normalized spacial score (nSPS) is 20.1. The lowest BCUT2D eigenvalue weighted by Gasteiger charge is -2.20. The number of imidazole rings is 1. The zero-order valence-electron chi connectivity index (χ0n) is 14.2. The molecule has 1 aliphatic rings. The van der Waals surface area contributed by atoms with Crippen LogP contribution in [0.1, 0.15) is 25.0 Å². The Kier molecular flexibility index (Phi) is 4.19. The highest BCUT2D eigenvalue weighted by Crippen LogP contribution is 2.32. The van der Waals surface area contributed by atoms with Gasteiger partial charge in [-0.05, 0) is 19.4 Å². The molecule has 1 saturated heterocycles. The number of methoxy groups -OCH3 is 1. The molecule has 8 nitrogen and oxygen atoms in total. The van der Waals surface area contributed by atoms with Gasteiger partial charge in [0.15, 0.2) is 11.5 Å². The SMILES string of the molecule is CCn1cnc2c(N[C@H]3CCO[C@@H]3c3ccc(OC)nc3)ncnc21. The van der Waals surface area contributed by atoms with Crippen LogP contribution in [0, 0.1) is 0 Å². The smallest absolute Gasteiger partial charge is 0.212 e. The maximum absolute atomic E-state index is 5.92. The summed E-state index contributed by atoms with van der Waals surface area (Å²) in [5.74, 6) is 1.33. The third-order valence-corrected chi connectivity index (χ3v) is 4.45. The van der Waals surface area contributed by atoms with E-state index in [2.05, 4.69) is 32.2 Å². The number of nitrogens with zero attached hydrogens (tertiary/aromatic N) is 5. The first-order valence-corrected chi connectivity index (χ1v) is 8.34. The lowest BCUT2D eigenvalue weighted by molar-refractivity contribution is 0.107. The lowest BCUT2D eigenvalue weighted by atomic mass is 10.0. The van der Waals surface area contributed by atoms with E-state index >= 15 is 0 Å². The Hall–Kier alpha value is -2.74. The van der Waals surface area contributed by atoms with Gasteiger partial charge in [-0.25, -0.2) is 19.9 Å². The van der Waals surface area contributed by atoms with Crippen molar-refractivity contribution < 1.29 is 9.47 Å². The van der Waals surface area contributed by atoms with Crippen LogP contribution in [0.2, 0.25) is 0 Å². The van der Waals surface area contributed by atoms with E-state index in [0.717, 1.165) is 35.5 Å². The van der Waals surface area contributed by atoms with Gasteiger partial charge in [-0.3, -0.25) is 0 Å². The van der Waals surface area contributed by atoms with Gasteiger partial charge in [-0.2, -0.15) is 0 Å². The molecular formula is C17H20N6O2. The molecule has 130 valence electrons. The Labute approximate surface area is 145 Å². The molecule has 1 fully saturated rings. The minimum Gasteiger partial charge on any atom is -0.481 e. The van der Waals surface area contributed by atoms with Crippen molar-refractivity contribution in [3.8, 4) is 5.88 Å². The molecule has 8 heteroatoms. The topological polar surface area (TPSA) is 87.0 Å². The van der Waals surface area contributed by atoms with Gasteiger partial charge >= 0.3 is 0 Å². The molecule has 0 spiro atoms. The second kappa shape index (κ2) is 6.64. The molecule has 3 aromatic rings. The maximum Gasteiger partial charge on any atom is 0.212 e. The van der Waals surface area contributed by atoms with E-state index in [1.807, 2.05) is 16.7 Å². The number of hydrogen-bond acceptors (Lipinski definition) is 7. The van der Waals surface area contributed by atoms with Crippen LogP contribution in [-0.2, 0) is 11.3 Å². The lowest BCUT2D eigenvalue weighted by Crippen LogP contribution is -2.24. The summed E-state index contributed by atoms with van der Waals surface area (Å²) in [6, 6.07) is 3.93. The number of aryl methyl sites for hydroxylation is 1. The maximum atomic E-state index is 5.92. The van der Waals surface area contributed by atoms with Gasteiger partial charge in [0.2, 0.25) is 5.88 Å². The zero-order chi connectivity index (χ0) is 17.2. The summed E-state index contributed by atoms with van der Waals surface area (Å²) in [5, 5.41) is 3.49. The molecule has 0 bridgehead atoms. The van der Waals surface area contributed by atoms with E-state index in [-0.39, 0.29) is 12.1 Å². The Morgan fingerprint density at radius 1 is 1.28 bits per heavy atom. The molecule has 0 aromatic carbocycles. The molecule has 25 heavy (non-hydrogen) atoms. The van der Waals surface area contributed by atoms with E-state index in [1.54, 1.807) is 26.0 Å². The van der Waals surface area contributed by atoms with Crippen LogP contribution < -0.4 is 10.1 Å². The molecule has 0 unspecified atom stereocenters. The summed E-state index contributed by atoms with van der Waals surface area (Å²) < 4.78 is 13.0. The standard InChI is InChI=1S/C17H20N6O2/c1-3-23-10-21-14-16(19-9-20-17(14)23)22-12-6-7-25-15(12)11-4-5-13(24-2)18-8-11/h4-5,8-10,12,15H,3,6-7H2,1-2H3,(H,19,20,22)/t12-,15+/m0/s1. The molecule has 0 radical (unpaired) electrons. The van der Waals surface area contributed by atoms with E-state index in [1.165, 1.54) is 0 Å². The fraction of sp³-hybridized carbons (Fsp3) is 0.412. The fourth-order valence-electron chi connectivity index (χ4n) is 3.14. The summed E-state index contributed by atoms with van der Waals surface area (Å²) in [6.45, 7) is 3.57. The molecule has 4 rings (SSSR count). The van der Waals surface area contributed by atoms with E-state index in [9.17, 15) is 0 Å². The molecule has 0 amide bonds. The average Bonchev–Trinajstić information content (AvgIpc) is 3.29. The first-order chi connectivity index (χ1) is 12.3. The number of aromatic nitrogens is 5. The van der Waals surface area contributed by atoms with Crippen molar-refractivity contribution >= 4 is 17.0 Å². The Bertz CT molecular complexity index is 863. The van der Waals surface area contributed by atoms with Gasteiger partial charge < -0.3 is 19.4 Å². The van der Waals surface area contributed by atoms with Crippen molar-refractivity contribution in [1.29, 1.82) is 0 Å². The summed E-state index contributed by atoms with van der Waals surface area (Å²) in [7, 11) is 1.61. The molecule has 0 saturated carbocycles. The summed E-state index contributed by atoms with van der Waals surface area (Å²) in [6.07, 6.45) is 5.96. The monoisotopic (exact) mass is 340 g/mol. The van der Waals surface area contributed by atoms with Gasteiger partial charge in [-0.15, -0.1) is 0 Å². The fourth-order valence-corrected chi connectivity index (χ4v) is 3.14. The van der Waals surface area contributed by atoms with Crippen molar-refractivity contribution in [3.05, 3.63) is 36.5 Å². The van der Waals surface area contributed by atoms with E-state index in [0.29, 0.717) is 12.5 Å². The molecule has 0 aliphatic carbocycles. The first kappa shape index (κ1) is 15.8. The minimum atomic E-state index is -0.0864. The van der Waals surface area contributed by atoms with Gasteiger partial charge in [0.1, 0.15) is 17.9 Å². The van der Waals surface area contributed by atoms with Crippen molar-refractivity contribution in [1.82, 2.24) is 24.5 Å². The van der Waals surface area contributed by atoms with Crippen molar-refractivity contribution in [2.45, 2.75) is 32.0 Å². The van der Waals surface area contributed by atoms with Gasteiger partial charge in [0, 0.05) is 31.0 Å². The highest BCUT2D eigenvalue weighted by atomic mass is 16.5. The number of rotatable bonds is 5. The Balaban J connectivity index is 1.60. The Morgan fingerprint density at radius 2 is 2.20 bits per heavy atom. The number of pyridine rings is 1. The number of anilines is 1. The second-order valence-corrected chi connectivity index (χ2v) is 5.89. The zero-order valence-corrected chi connectivity index (χ0v) is 14.2. The molecule has 2 atom stereocenters. The first-order valence-electron chi connectivity index (χ1n) is 8.34. The van der Waals surface area contributed by atoms with Gasteiger partial charge in [0.25, 0.3) is 0 Å². The quantitative estimate of drug-likeness (QED) is 0.762. The molecule has 3 aromatic heterocycles. The summed E-state index contributed by atoms with van der Waals surface area (Å²) in [4.78, 5) is 17.5. The highest BCUT2D eigenvalue weighted by Gasteiger charge is 2.31. The van der Waals surface area contributed by atoms with Crippen molar-refractivity contribution in [3.63, 3.8) is 0 Å². The third kappa shape index (κ3) is 2.89. The van der Waals surface area contributed by atoms with Crippen LogP contribution in [0.4, 0.5) is 5.82 Å².